The van der Waals surface area contributed by atoms with Gasteiger partial charge in [0, 0.05) is 29.9 Å². The summed E-state index contributed by atoms with van der Waals surface area (Å²) in [6.45, 7) is 4.83. The van der Waals surface area contributed by atoms with Gasteiger partial charge >= 0.3 is 0 Å². The van der Waals surface area contributed by atoms with Crippen molar-refractivity contribution in [2.45, 2.75) is 26.7 Å². The number of likely N-dealkylation sites (tertiary alicyclic amines) is 1. The van der Waals surface area contributed by atoms with E-state index >= 15 is 0 Å². The number of hydrogen-bond donors (Lipinski definition) is 1. The molecule has 1 aliphatic rings. The van der Waals surface area contributed by atoms with E-state index in [1.165, 1.54) is 0 Å². The van der Waals surface area contributed by atoms with Crippen molar-refractivity contribution in [3.05, 3.63) is 70.4 Å². The highest BCUT2D eigenvalue weighted by Crippen LogP contribution is 2.26. The number of ketones is 1. The molecule has 0 bridgehead atoms. The van der Waals surface area contributed by atoms with Gasteiger partial charge in [0.25, 0.3) is 5.91 Å². The van der Waals surface area contributed by atoms with E-state index in [-0.39, 0.29) is 11.5 Å². The van der Waals surface area contributed by atoms with Gasteiger partial charge in [0.15, 0.2) is 5.78 Å². The first-order valence-corrected chi connectivity index (χ1v) is 9.72. The number of fused-ring (bicyclic) bond motifs is 1. The van der Waals surface area contributed by atoms with Crippen LogP contribution in [0, 0.1) is 31.4 Å². The monoisotopic (exact) mass is 396 g/mol. The molecular weight excluding hydrogens is 374 g/mol. The number of aromatic amines is 1. The molecule has 1 fully saturated rings. The van der Waals surface area contributed by atoms with E-state index in [9.17, 15) is 18.4 Å². The van der Waals surface area contributed by atoms with Crippen molar-refractivity contribution in [3.8, 4) is 0 Å². The molecule has 6 heteroatoms. The van der Waals surface area contributed by atoms with Crippen LogP contribution in [0.4, 0.5) is 8.78 Å². The van der Waals surface area contributed by atoms with Gasteiger partial charge < -0.3 is 9.88 Å². The number of rotatable bonds is 3. The Bertz CT molecular complexity index is 1110. The summed E-state index contributed by atoms with van der Waals surface area (Å²) < 4.78 is 27.3. The Kier molecular flexibility index (Phi) is 4.94. The summed E-state index contributed by atoms with van der Waals surface area (Å²) in [6.07, 6.45) is 0.859. The average molecular weight is 396 g/mol. The number of aryl methyl sites for hydroxylation is 2. The summed E-state index contributed by atoms with van der Waals surface area (Å²) in [5, 5.41) is 1.02. The summed E-state index contributed by atoms with van der Waals surface area (Å²) in [5.41, 5.74) is 3.47. The van der Waals surface area contributed by atoms with Crippen molar-refractivity contribution in [2.75, 3.05) is 13.1 Å². The van der Waals surface area contributed by atoms with Gasteiger partial charge in [-0.2, -0.15) is 0 Å². The molecule has 4 rings (SSSR count). The first-order chi connectivity index (χ1) is 13.8. The lowest BCUT2D eigenvalue weighted by molar-refractivity contribution is 0.0645. The number of H-pyrrole nitrogens is 1. The SMILES string of the molecule is Cc1cc(C)c2cc(C(=O)N3CCC(C(=O)c4cc(F)ccc4F)CC3)[nH]c2c1. The maximum absolute atomic E-state index is 13.9. The number of benzene rings is 2. The van der Waals surface area contributed by atoms with Crippen molar-refractivity contribution < 1.29 is 18.4 Å². The molecule has 150 valence electrons. The van der Waals surface area contributed by atoms with Crippen LogP contribution in [0.2, 0.25) is 0 Å². The van der Waals surface area contributed by atoms with E-state index < -0.39 is 23.3 Å². The van der Waals surface area contributed by atoms with Gasteiger partial charge in [0.1, 0.15) is 17.3 Å². The quantitative estimate of drug-likeness (QED) is 0.647. The van der Waals surface area contributed by atoms with E-state index in [0.29, 0.717) is 31.6 Å². The fourth-order valence-corrected chi connectivity index (χ4v) is 4.14. The average Bonchev–Trinajstić information content (AvgIpc) is 3.13. The minimum Gasteiger partial charge on any atom is -0.351 e. The van der Waals surface area contributed by atoms with Crippen molar-refractivity contribution in [3.63, 3.8) is 0 Å². The summed E-state index contributed by atoms with van der Waals surface area (Å²) in [7, 11) is 0. The van der Waals surface area contributed by atoms with Crippen LogP contribution in [-0.4, -0.2) is 34.7 Å². The number of carbonyl (C=O) groups excluding carboxylic acids is 2. The highest BCUT2D eigenvalue weighted by molar-refractivity contribution is 6.00. The van der Waals surface area contributed by atoms with Crippen LogP contribution in [0.5, 0.6) is 0 Å². The van der Waals surface area contributed by atoms with Gasteiger partial charge in [-0.25, -0.2) is 8.78 Å². The van der Waals surface area contributed by atoms with Crippen LogP contribution < -0.4 is 0 Å². The van der Waals surface area contributed by atoms with E-state index in [0.717, 1.165) is 40.2 Å². The summed E-state index contributed by atoms with van der Waals surface area (Å²) >= 11 is 0. The third-order valence-electron chi connectivity index (χ3n) is 5.67. The molecule has 2 heterocycles. The van der Waals surface area contributed by atoms with Gasteiger partial charge in [-0.3, -0.25) is 9.59 Å². The number of amides is 1. The predicted octanol–water partition coefficient (Wildman–Crippen LogP) is 4.80. The molecule has 0 atom stereocenters. The van der Waals surface area contributed by atoms with Crippen LogP contribution >= 0.6 is 0 Å². The highest BCUT2D eigenvalue weighted by atomic mass is 19.1. The predicted molar refractivity (Wildman–Crippen MR) is 107 cm³/mol. The molecule has 3 aromatic rings. The fourth-order valence-electron chi connectivity index (χ4n) is 4.14. The lowest BCUT2D eigenvalue weighted by atomic mass is 9.88. The molecule has 0 unspecified atom stereocenters. The Morgan fingerprint density at radius 1 is 1.03 bits per heavy atom. The van der Waals surface area contributed by atoms with Crippen LogP contribution in [0.1, 0.15) is 44.8 Å². The molecule has 0 saturated carbocycles. The molecule has 1 aromatic heterocycles. The zero-order chi connectivity index (χ0) is 20.7. The topological polar surface area (TPSA) is 53.2 Å². The smallest absolute Gasteiger partial charge is 0.270 e. The zero-order valence-corrected chi connectivity index (χ0v) is 16.4. The molecule has 0 aliphatic carbocycles. The number of piperidine rings is 1. The molecule has 1 amide bonds. The summed E-state index contributed by atoms with van der Waals surface area (Å²) in [4.78, 5) is 30.4. The summed E-state index contributed by atoms with van der Waals surface area (Å²) in [6, 6.07) is 8.87. The fraction of sp³-hybridized carbons (Fsp3) is 0.304. The lowest BCUT2D eigenvalue weighted by Crippen LogP contribution is -2.40. The van der Waals surface area contributed by atoms with Gasteiger partial charge in [-0.15, -0.1) is 0 Å². The molecule has 0 radical (unpaired) electrons. The number of halogens is 2. The normalized spacial score (nSPS) is 15.1. The first-order valence-electron chi connectivity index (χ1n) is 9.72. The van der Waals surface area contributed by atoms with Crippen LogP contribution in [-0.2, 0) is 0 Å². The molecule has 2 aromatic carbocycles. The third-order valence-corrected chi connectivity index (χ3v) is 5.67. The molecule has 29 heavy (non-hydrogen) atoms. The molecule has 1 N–H and O–H groups in total. The van der Waals surface area contributed by atoms with E-state index in [2.05, 4.69) is 11.1 Å². The maximum Gasteiger partial charge on any atom is 0.270 e. The zero-order valence-electron chi connectivity index (χ0n) is 16.4. The Morgan fingerprint density at radius 3 is 2.48 bits per heavy atom. The number of carbonyl (C=O) groups is 2. The Hall–Kier alpha value is -3.02. The number of hydrogen-bond acceptors (Lipinski definition) is 2. The van der Waals surface area contributed by atoms with Crippen molar-refractivity contribution in [1.82, 2.24) is 9.88 Å². The molecule has 1 saturated heterocycles. The number of nitrogens with zero attached hydrogens (tertiary/aromatic N) is 1. The van der Waals surface area contributed by atoms with Gasteiger partial charge in [-0.1, -0.05) is 6.07 Å². The molecule has 4 nitrogen and oxygen atoms in total. The molecular formula is C23H22F2N2O2. The van der Waals surface area contributed by atoms with Crippen LogP contribution in [0.15, 0.2) is 36.4 Å². The molecule has 0 spiro atoms. The van der Waals surface area contributed by atoms with Gasteiger partial charge in [-0.05, 0) is 68.1 Å². The second kappa shape index (κ2) is 7.43. The van der Waals surface area contributed by atoms with Crippen molar-refractivity contribution in [2.24, 2.45) is 5.92 Å². The van der Waals surface area contributed by atoms with Crippen molar-refractivity contribution in [1.29, 1.82) is 0 Å². The standard InChI is InChI=1S/C23H22F2N2O2/c1-13-9-14(2)17-12-21(26-20(17)10-13)23(29)27-7-5-15(6-8-27)22(28)18-11-16(24)3-4-19(18)25/h3-4,9-12,15,26H,5-8H2,1-2H3. The minimum absolute atomic E-state index is 0.110. The third kappa shape index (κ3) is 3.67. The first kappa shape index (κ1) is 19.3. The molecule has 1 aliphatic heterocycles. The van der Waals surface area contributed by atoms with Crippen LogP contribution in [0.25, 0.3) is 10.9 Å². The largest absolute Gasteiger partial charge is 0.351 e. The van der Waals surface area contributed by atoms with E-state index in [1.54, 1.807) is 4.90 Å². The highest BCUT2D eigenvalue weighted by Gasteiger charge is 2.30. The second-order valence-electron chi connectivity index (χ2n) is 7.78. The number of aromatic nitrogens is 1. The van der Waals surface area contributed by atoms with Crippen molar-refractivity contribution >= 4 is 22.6 Å². The number of nitrogens with one attached hydrogen (secondary N) is 1. The lowest BCUT2D eigenvalue weighted by Gasteiger charge is -2.31. The van der Waals surface area contributed by atoms with Gasteiger partial charge in [0.2, 0.25) is 0 Å². The van der Waals surface area contributed by atoms with E-state index in [1.807, 2.05) is 26.0 Å². The maximum atomic E-state index is 13.9. The van der Waals surface area contributed by atoms with Gasteiger partial charge in [0.05, 0.1) is 5.56 Å². The Balaban J connectivity index is 1.47. The second-order valence-corrected chi connectivity index (χ2v) is 7.78. The Morgan fingerprint density at radius 2 is 1.76 bits per heavy atom. The van der Waals surface area contributed by atoms with Crippen LogP contribution in [0.3, 0.4) is 0 Å². The summed E-state index contributed by atoms with van der Waals surface area (Å²) in [5.74, 6) is -2.26. The Labute approximate surface area is 167 Å². The minimum atomic E-state index is -0.710. The number of Topliss-reactive ketones (excluding diaryl/α,β-unsaturated/α-hetero) is 1. The van der Waals surface area contributed by atoms with E-state index in [4.69, 9.17) is 0 Å².